The van der Waals surface area contributed by atoms with Gasteiger partial charge in [0.1, 0.15) is 18.2 Å². The minimum atomic E-state index is -0.469. The Bertz CT molecular complexity index is 1220. The minimum Gasteiger partial charge on any atom is -0.478 e. The number of nitro groups is 1. The van der Waals surface area contributed by atoms with Gasteiger partial charge in [0, 0.05) is 25.2 Å². The lowest BCUT2D eigenvalue weighted by molar-refractivity contribution is -0.384. The molecule has 0 aromatic heterocycles. The zero-order valence-electron chi connectivity index (χ0n) is 16.5. The van der Waals surface area contributed by atoms with Gasteiger partial charge in [-0.25, -0.2) is 0 Å². The van der Waals surface area contributed by atoms with Crippen LogP contribution in [0.1, 0.15) is 27.0 Å². The van der Waals surface area contributed by atoms with Gasteiger partial charge in [0.2, 0.25) is 5.78 Å². The summed E-state index contributed by atoms with van der Waals surface area (Å²) < 4.78 is 11.9. The molecule has 0 radical (unpaired) electrons. The molecule has 0 fully saturated rings. The molecule has 0 saturated heterocycles. The lowest BCUT2D eigenvalue weighted by Crippen LogP contribution is -2.31. The van der Waals surface area contributed by atoms with Crippen LogP contribution in [-0.2, 0) is 13.1 Å². The number of carbonyl (C=O) groups excluding carboxylic acids is 1. The van der Waals surface area contributed by atoms with Crippen LogP contribution in [0.2, 0.25) is 0 Å². The fraction of sp³-hybridized carbons (Fsp3) is 0.125. The summed E-state index contributed by atoms with van der Waals surface area (Å²) in [6, 6.07) is 19.7. The minimum absolute atomic E-state index is 0.0420. The lowest BCUT2D eigenvalue weighted by atomic mass is 10.0. The van der Waals surface area contributed by atoms with Gasteiger partial charge in [-0.1, -0.05) is 42.5 Å². The lowest BCUT2D eigenvalue weighted by Gasteiger charge is -2.29. The van der Waals surface area contributed by atoms with E-state index in [0.29, 0.717) is 42.4 Å². The number of Topliss-reactive ketones (excluding diaryl/α,β-unsaturated/α-hetero) is 1. The standard InChI is InChI=1S/C24H18N2O5/c27-23-19-9-10-21-20(14-25(15-30-21)13-16-5-2-1-3-6-16)24(19)31-22(23)12-17-7-4-8-18(11-17)26(28)29/h1-12H,13-15H2/b22-12-. The monoisotopic (exact) mass is 414 g/mol. The second kappa shape index (κ2) is 7.70. The van der Waals surface area contributed by atoms with Crippen molar-refractivity contribution in [2.24, 2.45) is 0 Å². The molecule has 0 bridgehead atoms. The van der Waals surface area contributed by atoms with Crippen molar-refractivity contribution in [2.75, 3.05) is 6.73 Å². The number of hydrogen-bond donors (Lipinski definition) is 0. The van der Waals surface area contributed by atoms with Gasteiger partial charge < -0.3 is 9.47 Å². The number of carbonyl (C=O) groups is 1. The topological polar surface area (TPSA) is 81.9 Å². The van der Waals surface area contributed by atoms with Crippen molar-refractivity contribution in [1.29, 1.82) is 0 Å². The molecule has 0 N–H and O–H groups in total. The van der Waals surface area contributed by atoms with Crippen LogP contribution in [0, 0.1) is 10.1 Å². The van der Waals surface area contributed by atoms with Crippen molar-refractivity contribution in [3.05, 3.63) is 105 Å². The second-order valence-electron chi connectivity index (χ2n) is 7.46. The number of nitrogens with zero attached hydrogens (tertiary/aromatic N) is 2. The first-order valence-electron chi connectivity index (χ1n) is 9.82. The summed E-state index contributed by atoms with van der Waals surface area (Å²) in [6.45, 7) is 1.75. The van der Waals surface area contributed by atoms with Crippen LogP contribution >= 0.6 is 0 Å². The van der Waals surface area contributed by atoms with Crippen LogP contribution < -0.4 is 9.47 Å². The summed E-state index contributed by atoms with van der Waals surface area (Å²) in [6.07, 6.45) is 1.53. The van der Waals surface area contributed by atoms with E-state index in [0.717, 1.165) is 5.56 Å². The molecule has 0 aliphatic carbocycles. The van der Waals surface area contributed by atoms with E-state index in [9.17, 15) is 14.9 Å². The van der Waals surface area contributed by atoms with E-state index in [2.05, 4.69) is 17.0 Å². The van der Waals surface area contributed by atoms with Crippen molar-refractivity contribution < 1.29 is 19.2 Å². The Morgan fingerprint density at radius 1 is 1.06 bits per heavy atom. The van der Waals surface area contributed by atoms with Crippen molar-refractivity contribution in [3.63, 3.8) is 0 Å². The highest BCUT2D eigenvalue weighted by atomic mass is 16.6. The molecule has 2 aliphatic rings. The highest BCUT2D eigenvalue weighted by Gasteiger charge is 2.33. The molecule has 0 saturated carbocycles. The number of fused-ring (bicyclic) bond motifs is 3. The Hall–Kier alpha value is -3.97. The number of benzene rings is 3. The van der Waals surface area contributed by atoms with Gasteiger partial charge in [0.05, 0.1) is 16.1 Å². The van der Waals surface area contributed by atoms with E-state index >= 15 is 0 Å². The van der Waals surface area contributed by atoms with E-state index in [1.807, 2.05) is 18.2 Å². The average molecular weight is 414 g/mol. The predicted molar refractivity (Wildman–Crippen MR) is 114 cm³/mol. The van der Waals surface area contributed by atoms with Gasteiger partial charge in [-0.3, -0.25) is 19.8 Å². The van der Waals surface area contributed by atoms with Crippen molar-refractivity contribution in [3.8, 4) is 11.5 Å². The van der Waals surface area contributed by atoms with Crippen molar-refractivity contribution >= 4 is 17.5 Å². The van der Waals surface area contributed by atoms with Crippen LogP contribution in [0.15, 0.2) is 72.5 Å². The molecule has 0 spiro atoms. The molecule has 154 valence electrons. The average Bonchev–Trinajstić information content (AvgIpc) is 3.10. The quantitative estimate of drug-likeness (QED) is 0.354. The summed E-state index contributed by atoms with van der Waals surface area (Å²) in [5.74, 6) is 1.10. The molecule has 0 atom stereocenters. The molecule has 2 heterocycles. The fourth-order valence-corrected chi connectivity index (χ4v) is 3.83. The summed E-state index contributed by atoms with van der Waals surface area (Å²) in [5.41, 5.74) is 2.96. The molecule has 5 rings (SSSR count). The van der Waals surface area contributed by atoms with E-state index in [4.69, 9.17) is 9.47 Å². The van der Waals surface area contributed by atoms with E-state index in [1.54, 1.807) is 24.3 Å². The maximum absolute atomic E-state index is 12.9. The third kappa shape index (κ3) is 3.67. The summed E-state index contributed by atoms with van der Waals surface area (Å²) in [5, 5.41) is 11.0. The molecule has 2 aliphatic heterocycles. The maximum atomic E-state index is 12.9. The zero-order chi connectivity index (χ0) is 21.4. The second-order valence-corrected chi connectivity index (χ2v) is 7.46. The first-order chi connectivity index (χ1) is 15.1. The smallest absolute Gasteiger partial charge is 0.270 e. The number of allylic oxidation sites excluding steroid dienone is 1. The third-order valence-electron chi connectivity index (χ3n) is 5.31. The number of non-ortho nitro benzene ring substituents is 1. The van der Waals surface area contributed by atoms with E-state index < -0.39 is 4.92 Å². The Labute approximate surface area is 178 Å². The number of rotatable bonds is 4. The predicted octanol–water partition coefficient (Wildman–Crippen LogP) is 4.56. The molecule has 0 unspecified atom stereocenters. The maximum Gasteiger partial charge on any atom is 0.270 e. The highest BCUT2D eigenvalue weighted by molar-refractivity contribution is 6.15. The summed E-state index contributed by atoms with van der Waals surface area (Å²) in [7, 11) is 0. The van der Waals surface area contributed by atoms with Gasteiger partial charge in [-0.05, 0) is 29.3 Å². The highest BCUT2D eigenvalue weighted by Crippen LogP contribution is 2.42. The van der Waals surface area contributed by atoms with Gasteiger partial charge >= 0.3 is 0 Å². The molecule has 31 heavy (non-hydrogen) atoms. The SMILES string of the molecule is O=C1/C(=C/c2cccc([N+](=O)[O-])c2)Oc2c1ccc1c2CN(Cc2ccccc2)CO1. The first-order valence-corrected chi connectivity index (χ1v) is 9.82. The van der Waals surface area contributed by atoms with E-state index in [1.165, 1.54) is 23.8 Å². The Balaban J connectivity index is 1.43. The molecule has 0 amide bonds. The van der Waals surface area contributed by atoms with Gasteiger partial charge in [-0.2, -0.15) is 0 Å². The van der Waals surface area contributed by atoms with Crippen molar-refractivity contribution in [1.82, 2.24) is 4.90 Å². The first kappa shape index (κ1) is 19.0. The molecular weight excluding hydrogens is 396 g/mol. The normalized spacial score (nSPS) is 16.4. The molecule has 3 aromatic carbocycles. The van der Waals surface area contributed by atoms with Gasteiger partial charge in [0.15, 0.2) is 5.76 Å². The fourth-order valence-electron chi connectivity index (χ4n) is 3.83. The largest absolute Gasteiger partial charge is 0.478 e. The number of ketones is 1. The van der Waals surface area contributed by atoms with Crippen LogP contribution in [0.3, 0.4) is 0 Å². The van der Waals surface area contributed by atoms with Crippen LogP contribution in [0.4, 0.5) is 5.69 Å². The summed E-state index contributed by atoms with van der Waals surface area (Å²) in [4.78, 5) is 25.6. The Morgan fingerprint density at radius 2 is 1.90 bits per heavy atom. The van der Waals surface area contributed by atoms with Gasteiger partial charge in [-0.15, -0.1) is 0 Å². The number of nitro benzene ring substituents is 1. The summed E-state index contributed by atoms with van der Waals surface area (Å²) >= 11 is 0. The Kier molecular flexibility index (Phi) is 4.72. The molecule has 7 heteroatoms. The molecular formula is C24H18N2O5. The molecule has 3 aromatic rings. The van der Waals surface area contributed by atoms with Crippen molar-refractivity contribution in [2.45, 2.75) is 13.1 Å². The van der Waals surface area contributed by atoms with Crippen LogP contribution in [0.25, 0.3) is 6.08 Å². The Morgan fingerprint density at radius 3 is 2.71 bits per heavy atom. The number of hydrogen-bond acceptors (Lipinski definition) is 6. The van der Waals surface area contributed by atoms with Crippen LogP contribution in [-0.4, -0.2) is 22.3 Å². The van der Waals surface area contributed by atoms with Crippen LogP contribution in [0.5, 0.6) is 11.5 Å². The third-order valence-corrected chi connectivity index (χ3v) is 5.31. The van der Waals surface area contributed by atoms with Gasteiger partial charge in [0.25, 0.3) is 5.69 Å². The zero-order valence-corrected chi connectivity index (χ0v) is 16.5. The number of ether oxygens (including phenoxy) is 2. The van der Waals surface area contributed by atoms with E-state index in [-0.39, 0.29) is 17.2 Å². The molecule has 7 nitrogen and oxygen atoms in total.